The number of benzene rings is 2. The van der Waals surface area contributed by atoms with E-state index in [-0.39, 0.29) is 5.02 Å². The van der Waals surface area contributed by atoms with E-state index < -0.39 is 17.6 Å². The minimum Gasteiger partial charge on any atom is -0.319 e. The maximum atomic E-state index is 12.2. The first-order chi connectivity index (χ1) is 10.9. The molecule has 2 aromatic rings. The lowest BCUT2D eigenvalue weighted by Gasteiger charge is -2.10. The van der Waals surface area contributed by atoms with Gasteiger partial charge in [-0.1, -0.05) is 46.9 Å². The number of hydrogen-bond acceptors (Lipinski definition) is 3. The van der Waals surface area contributed by atoms with Crippen LogP contribution in [-0.4, -0.2) is 11.7 Å². The quantitative estimate of drug-likeness (QED) is 0.811. The number of ketones is 1. The fourth-order valence-corrected chi connectivity index (χ4v) is 2.26. The molecule has 0 fully saturated rings. The average molecular weight is 368 g/mol. The van der Waals surface area contributed by atoms with Crippen molar-refractivity contribution >= 4 is 52.2 Å². The molecular weight excluding hydrogens is 359 g/mol. The third-order valence-electron chi connectivity index (χ3n) is 3.00. The zero-order valence-electron chi connectivity index (χ0n) is 11.5. The van der Waals surface area contributed by atoms with Crippen molar-refractivity contribution in [2.75, 3.05) is 5.32 Å². The minimum absolute atomic E-state index is 0.242. The summed E-state index contributed by atoms with van der Waals surface area (Å²) in [4.78, 5) is 24.2. The molecule has 0 aliphatic carbocycles. The third-order valence-corrected chi connectivity index (χ3v) is 3.99. The molecule has 116 valence electrons. The van der Waals surface area contributed by atoms with Crippen molar-refractivity contribution in [3.8, 4) is 6.07 Å². The Bertz CT molecular complexity index is 798. The highest BCUT2D eigenvalue weighted by atomic mass is 35.5. The summed E-state index contributed by atoms with van der Waals surface area (Å²) in [6.45, 7) is 0. The normalized spacial score (nSPS) is 11.4. The molecule has 1 unspecified atom stereocenters. The van der Waals surface area contributed by atoms with Crippen LogP contribution in [0.1, 0.15) is 11.5 Å². The average Bonchev–Trinajstić information content (AvgIpc) is 2.53. The van der Waals surface area contributed by atoms with Gasteiger partial charge in [0, 0.05) is 10.7 Å². The topological polar surface area (TPSA) is 70.0 Å². The first-order valence-corrected chi connectivity index (χ1v) is 7.51. The summed E-state index contributed by atoms with van der Waals surface area (Å²) in [6, 6.07) is 12.4. The van der Waals surface area contributed by atoms with Crippen LogP contribution < -0.4 is 5.32 Å². The first kappa shape index (κ1) is 17.3. The number of rotatable bonds is 4. The van der Waals surface area contributed by atoms with Crippen LogP contribution in [0, 0.1) is 11.3 Å². The van der Waals surface area contributed by atoms with Gasteiger partial charge in [0.25, 0.3) is 5.91 Å². The van der Waals surface area contributed by atoms with E-state index in [9.17, 15) is 14.9 Å². The van der Waals surface area contributed by atoms with Crippen molar-refractivity contribution in [3.63, 3.8) is 0 Å². The molecule has 4 nitrogen and oxygen atoms in total. The summed E-state index contributed by atoms with van der Waals surface area (Å²) in [5.41, 5.74) is 0.705. The molecular formula is C16H9Cl3N2O2. The van der Waals surface area contributed by atoms with Crippen molar-refractivity contribution in [2.45, 2.75) is 5.92 Å². The molecule has 1 atom stereocenters. The summed E-state index contributed by atoms with van der Waals surface area (Å²) in [6.07, 6.45) is 0. The first-order valence-electron chi connectivity index (χ1n) is 6.37. The van der Waals surface area contributed by atoms with Crippen molar-refractivity contribution in [1.29, 1.82) is 5.26 Å². The van der Waals surface area contributed by atoms with Crippen LogP contribution in [0.3, 0.4) is 0 Å². The van der Waals surface area contributed by atoms with Crippen LogP contribution in [0.15, 0.2) is 42.5 Å². The summed E-state index contributed by atoms with van der Waals surface area (Å²) >= 11 is 17.4. The van der Waals surface area contributed by atoms with E-state index in [1.165, 1.54) is 30.3 Å². The third kappa shape index (κ3) is 4.23. The molecule has 1 N–H and O–H groups in total. The van der Waals surface area contributed by atoms with Crippen LogP contribution >= 0.6 is 34.8 Å². The highest BCUT2D eigenvalue weighted by Gasteiger charge is 2.27. The number of nitriles is 1. The Morgan fingerprint density at radius 2 is 1.65 bits per heavy atom. The predicted molar refractivity (Wildman–Crippen MR) is 89.9 cm³/mol. The maximum absolute atomic E-state index is 12.2. The Balaban J connectivity index is 2.17. The van der Waals surface area contributed by atoms with E-state index >= 15 is 0 Å². The molecule has 0 aliphatic heterocycles. The van der Waals surface area contributed by atoms with Crippen molar-refractivity contribution in [1.82, 2.24) is 0 Å². The largest absolute Gasteiger partial charge is 0.319 e. The Labute approximate surface area is 147 Å². The van der Waals surface area contributed by atoms with Gasteiger partial charge in [-0.15, -0.1) is 0 Å². The molecule has 0 saturated heterocycles. The molecule has 2 aromatic carbocycles. The summed E-state index contributed by atoms with van der Waals surface area (Å²) in [5, 5.41) is 12.6. The van der Waals surface area contributed by atoms with Crippen LogP contribution in [0.4, 0.5) is 5.69 Å². The number of amides is 1. The van der Waals surface area contributed by atoms with Crippen LogP contribution in [0.25, 0.3) is 0 Å². The smallest absolute Gasteiger partial charge is 0.293 e. The van der Waals surface area contributed by atoms with Crippen LogP contribution in [0.5, 0.6) is 0 Å². The second-order valence-electron chi connectivity index (χ2n) is 4.56. The minimum atomic E-state index is -1.21. The Kier molecular flexibility index (Phi) is 5.62. The SMILES string of the molecule is N#CC(C(=O)C(=O)Nc1ccc(Cl)c(Cl)c1)c1ccc(Cl)cc1. The van der Waals surface area contributed by atoms with Gasteiger partial charge in [0.15, 0.2) is 0 Å². The zero-order chi connectivity index (χ0) is 17.0. The molecule has 0 heterocycles. The Morgan fingerprint density at radius 1 is 1.00 bits per heavy atom. The molecule has 0 saturated carbocycles. The zero-order valence-corrected chi connectivity index (χ0v) is 13.8. The van der Waals surface area contributed by atoms with Crippen molar-refractivity contribution < 1.29 is 9.59 Å². The number of anilines is 1. The monoisotopic (exact) mass is 366 g/mol. The number of Topliss-reactive ketones (excluding diaryl/α,β-unsaturated/α-hetero) is 1. The van der Waals surface area contributed by atoms with Crippen molar-refractivity contribution in [3.05, 3.63) is 63.1 Å². The summed E-state index contributed by atoms with van der Waals surface area (Å²) in [7, 11) is 0. The lowest BCUT2D eigenvalue weighted by atomic mass is 9.95. The van der Waals surface area contributed by atoms with Gasteiger partial charge in [-0.3, -0.25) is 9.59 Å². The van der Waals surface area contributed by atoms with E-state index in [1.54, 1.807) is 12.1 Å². The number of carbonyl (C=O) groups excluding carboxylic acids is 2. The Morgan fingerprint density at radius 3 is 2.22 bits per heavy atom. The molecule has 1 amide bonds. The molecule has 0 spiro atoms. The predicted octanol–water partition coefficient (Wildman–Crippen LogP) is 4.46. The second-order valence-corrected chi connectivity index (χ2v) is 5.81. The lowest BCUT2D eigenvalue weighted by Crippen LogP contribution is -2.27. The van der Waals surface area contributed by atoms with Gasteiger partial charge < -0.3 is 5.32 Å². The molecule has 23 heavy (non-hydrogen) atoms. The standard InChI is InChI=1S/C16H9Cl3N2O2/c17-10-3-1-9(2-4-10)12(8-20)15(22)16(23)21-11-5-6-13(18)14(19)7-11/h1-7,12H,(H,21,23). The lowest BCUT2D eigenvalue weighted by molar-refractivity contribution is -0.135. The Hall–Kier alpha value is -2.06. The second kappa shape index (κ2) is 7.47. The maximum Gasteiger partial charge on any atom is 0.293 e. The fraction of sp³-hybridized carbons (Fsp3) is 0.0625. The van der Waals surface area contributed by atoms with Gasteiger partial charge in [0.05, 0.1) is 16.1 Å². The molecule has 2 rings (SSSR count). The summed E-state index contributed by atoms with van der Waals surface area (Å²) < 4.78 is 0. The number of carbonyl (C=O) groups is 2. The number of hydrogen-bond donors (Lipinski definition) is 1. The van der Waals surface area contributed by atoms with Gasteiger partial charge in [-0.25, -0.2) is 0 Å². The fourth-order valence-electron chi connectivity index (χ4n) is 1.84. The van der Waals surface area contributed by atoms with Crippen molar-refractivity contribution in [2.24, 2.45) is 0 Å². The van der Waals surface area contributed by atoms with Gasteiger partial charge in [-0.2, -0.15) is 5.26 Å². The van der Waals surface area contributed by atoms with Gasteiger partial charge in [0.1, 0.15) is 5.92 Å². The highest BCUT2D eigenvalue weighted by molar-refractivity contribution is 6.44. The highest BCUT2D eigenvalue weighted by Crippen LogP contribution is 2.25. The molecule has 0 bridgehead atoms. The van der Waals surface area contributed by atoms with E-state index in [0.29, 0.717) is 21.3 Å². The number of halogens is 3. The molecule has 0 aromatic heterocycles. The molecule has 7 heteroatoms. The van der Waals surface area contributed by atoms with E-state index in [0.717, 1.165) is 0 Å². The van der Waals surface area contributed by atoms with Crippen LogP contribution in [-0.2, 0) is 9.59 Å². The summed E-state index contributed by atoms with van der Waals surface area (Å²) in [5.74, 6) is -3.00. The van der Waals surface area contributed by atoms with Crippen LogP contribution in [0.2, 0.25) is 15.1 Å². The number of nitrogens with one attached hydrogen (secondary N) is 1. The number of nitrogens with zero attached hydrogens (tertiary/aromatic N) is 1. The van der Waals surface area contributed by atoms with E-state index in [4.69, 9.17) is 34.8 Å². The van der Waals surface area contributed by atoms with Gasteiger partial charge in [0.2, 0.25) is 5.78 Å². The molecule has 0 radical (unpaired) electrons. The molecule has 0 aliphatic rings. The van der Waals surface area contributed by atoms with E-state index in [2.05, 4.69) is 5.32 Å². The van der Waals surface area contributed by atoms with Gasteiger partial charge in [-0.05, 0) is 35.9 Å². The van der Waals surface area contributed by atoms with Gasteiger partial charge >= 0.3 is 0 Å². The van der Waals surface area contributed by atoms with E-state index in [1.807, 2.05) is 6.07 Å².